The zero-order valence-electron chi connectivity index (χ0n) is 27.9. The van der Waals surface area contributed by atoms with Crippen molar-refractivity contribution >= 4 is 46.5 Å². The first-order valence-corrected chi connectivity index (χ1v) is 18.0. The van der Waals surface area contributed by atoms with Gasteiger partial charge in [0.25, 0.3) is 0 Å². The summed E-state index contributed by atoms with van der Waals surface area (Å²) < 4.78 is 17.9. The van der Waals surface area contributed by atoms with Crippen LogP contribution in [0, 0.1) is 0 Å². The third-order valence-electron chi connectivity index (χ3n) is 9.85. The Morgan fingerprint density at radius 3 is 2.28 bits per heavy atom. The van der Waals surface area contributed by atoms with E-state index >= 15 is 0 Å². The highest BCUT2D eigenvalue weighted by molar-refractivity contribution is 7.14. The zero-order chi connectivity index (χ0) is 35.5. The fourth-order valence-electron chi connectivity index (χ4n) is 7.25. The number of esters is 1. The highest BCUT2D eigenvalue weighted by atomic mass is 35.5. The average Bonchev–Trinajstić information content (AvgIpc) is 3.60. The molecule has 50 heavy (non-hydrogen) atoms. The van der Waals surface area contributed by atoms with Crippen molar-refractivity contribution in [3.8, 4) is 11.5 Å². The number of hydrogen-bond acceptors (Lipinski definition) is 10. The first-order valence-electron chi connectivity index (χ1n) is 16.4. The monoisotopic (exact) mass is 739 g/mol. The fourth-order valence-corrected chi connectivity index (χ4v) is 8.87. The molecule has 2 aliphatic heterocycles. The van der Waals surface area contributed by atoms with Crippen LogP contribution in [0.2, 0.25) is 10.0 Å². The Balaban J connectivity index is 1.31. The molecular weight excluding hydrogens is 701 g/mol. The second-order valence-electron chi connectivity index (χ2n) is 12.8. The van der Waals surface area contributed by atoms with Gasteiger partial charge in [0.2, 0.25) is 12.4 Å². The van der Waals surface area contributed by atoms with Gasteiger partial charge in [0.15, 0.2) is 11.5 Å². The number of methoxy groups -OCH3 is 2. The van der Waals surface area contributed by atoms with Gasteiger partial charge in [-0.15, -0.1) is 11.3 Å². The van der Waals surface area contributed by atoms with Gasteiger partial charge in [-0.1, -0.05) is 59.6 Å². The van der Waals surface area contributed by atoms with Gasteiger partial charge in [0.05, 0.1) is 25.1 Å². The summed E-state index contributed by atoms with van der Waals surface area (Å²) in [5.41, 5.74) is 2.46. The van der Waals surface area contributed by atoms with Crippen molar-refractivity contribution in [3.63, 3.8) is 0 Å². The van der Waals surface area contributed by atoms with Gasteiger partial charge < -0.3 is 29.0 Å². The summed E-state index contributed by atoms with van der Waals surface area (Å²) in [6.45, 7) is 0.189. The quantitative estimate of drug-likeness (QED) is 0.106. The second kappa shape index (κ2) is 15.6. The molecule has 10 nitrogen and oxygen atoms in total. The summed E-state index contributed by atoms with van der Waals surface area (Å²) in [7, 11) is 5.20. The molecule has 6 rings (SSSR count). The Morgan fingerprint density at radius 2 is 1.66 bits per heavy atom. The molecular formula is C37H39Cl2N3O7S. The SMILES string of the molecule is COc1ccc([C@H](Cc2c(Cl)c[n+](O)cc2Cl)c2cc(CNC(C(=O)OC3C[C@H]4CC[C@H](C3)N4C)c3ccccc3)sc2C(=O)[O-])cc1OC. The number of aromatic carboxylic acids is 1. The lowest BCUT2D eigenvalue weighted by Gasteiger charge is -2.36. The highest BCUT2D eigenvalue weighted by Gasteiger charge is 2.40. The minimum atomic E-state index is -1.34. The van der Waals surface area contributed by atoms with Crippen LogP contribution in [-0.2, 0) is 22.5 Å². The topological polar surface area (TPSA) is 124 Å². The number of nitrogens with one attached hydrogen (secondary N) is 1. The molecule has 2 N–H and O–H groups in total. The normalized spacial score (nSPS) is 19.9. The van der Waals surface area contributed by atoms with E-state index in [1.165, 1.54) is 26.6 Å². The molecule has 4 aromatic rings. The van der Waals surface area contributed by atoms with E-state index in [1.807, 2.05) is 42.5 Å². The van der Waals surface area contributed by atoms with Crippen molar-refractivity contribution in [1.29, 1.82) is 0 Å². The molecule has 2 aromatic heterocycles. The lowest BCUT2D eigenvalue weighted by molar-refractivity contribution is -0.904. The summed E-state index contributed by atoms with van der Waals surface area (Å²) in [6, 6.07) is 16.6. The van der Waals surface area contributed by atoms with Crippen LogP contribution in [0.25, 0.3) is 0 Å². The predicted molar refractivity (Wildman–Crippen MR) is 187 cm³/mol. The molecule has 1 unspecified atom stereocenters. The summed E-state index contributed by atoms with van der Waals surface area (Å²) in [6.07, 6.45) is 6.53. The van der Waals surface area contributed by atoms with Gasteiger partial charge in [-0.3, -0.25) is 10.5 Å². The van der Waals surface area contributed by atoms with Gasteiger partial charge >= 0.3 is 5.97 Å². The molecule has 264 valence electrons. The number of pyridine rings is 1. The molecule has 2 fully saturated rings. The first-order chi connectivity index (χ1) is 24.1. The predicted octanol–water partition coefficient (Wildman–Crippen LogP) is 5.33. The van der Waals surface area contributed by atoms with Crippen LogP contribution in [0.15, 0.2) is 67.0 Å². The Morgan fingerprint density at radius 1 is 1.00 bits per heavy atom. The van der Waals surface area contributed by atoms with E-state index in [4.69, 9.17) is 37.4 Å². The molecule has 0 amide bonds. The molecule has 0 spiro atoms. The number of rotatable bonds is 13. The van der Waals surface area contributed by atoms with Crippen LogP contribution in [-0.4, -0.2) is 61.5 Å². The lowest BCUT2D eigenvalue weighted by Crippen LogP contribution is -2.44. The van der Waals surface area contributed by atoms with Crippen molar-refractivity contribution < 1.29 is 38.8 Å². The number of carbonyl (C=O) groups is 2. The summed E-state index contributed by atoms with van der Waals surface area (Å²) in [5.74, 6) is -1.31. The van der Waals surface area contributed by atoms with Crippen molar-refractivity contribution in [1.82, 2.24) is 10.2 Å². The number of carbonyl (C=O) groups excluding carboxylic acids is 2. The molecule has 0 saturated carbocycles. The van der Waals surface area contributed by atoms with Crippen molar-refractivity contribution in [2.24, 2.45) is 0 Å². The van der Waals surface area contributed by atoms with E-state index in [1.54, 1.807) is 12.1 Å². The number of aromatic nitrogens is 1. The van der Waals surface area contributed by atoms with Crippen LogP contribution < -0.4 is 24.6 Å². The van der Waals surface area contributed by atoms with Crippen molar-refractivity contribution in [3.05, 3.63) is 109 Å². The summed E-state index contributed by atoms with van der Waals surface area (Å²) in [5, 5.41) is 26.4. The molecule has 0 radical (unpaired) electrons. The molecule has 0 aliphatic carbocycles. The Bertz CT molecular complexity index is 1820. The Labute approximate surface area is 305 Å². The van der Waals surface area contributed by atoms with Crippen molar-refractivity contribution in [2.75, 3.05) is 21.3 Å². The number of piperidine rings is 1. The van der Waals surface area contributed by atoms with E-state index in [0.717, 1.165) is 47.3 Å². The van der Waals surface area contributed by atoms with Gasteiger partial charge in [0, 0.05) is 39.7 Å². The van der Waals surface area contributed by atoms with E-state index in [2.05, 4.69) is 17.3 Å². The molecule has 2 aromatic carbocycles. The zero-order valence-corrected chi connectivity index (χ0v) is 30.3. The third kappa shape index (κ3) is 7.72. The number of ether oxygens (including phenoxy) is 3. The number of carboxylic acids is 1. The second-order valence-corrected chi connectivity index (χ2v) is 14.7. The van der Waals surface area contributed by atoms with Crippen molar-refractivity contribution in [2.45, 2.75) is 68.8 Å². The number of thiophene rings is 1. The molecule has 4 atom stereocenters. The molecule has 2 bridgehead atoms. The molecule has 2 aliphatic rings. The van der Waals surface area contributed by atoms with Gasteiger partial charge in [-0.25, -0.2) is 4.79 Å². The number of hydrogen-bond donors (Lipinski definition) is 2. The van der Waals surface area contributed by atoms with Crippen LogP contribution in [0.4, 0.5) is 0 Å². The van der Waals surface area contributed by atoms with Crippen LogP contribution in [0.3, 0.4) is 0 Å². The number of nitrogens with zero attached hydrogens (tertiary/aromatic N) is 2. The number of carboxylic acid groups (broad SMARTS) is 1. The van der Waals surface area contributed by atoms with Gasteiger partial charge in [0.1, 0.15) is 22.2 Å². The number of benzene rings is 2. The smallest absolute Gasteiger partial charge is 0.328 e. The highest BCUT2D eigenvalue weighted by Crippen LogP contribution is 2.41. The lowest BCUT2D eigenvalue weighted by atomic mass is 9.85. The number of halogens is 2. The van der Waals surface area contributed by atoms with E-state index in [-0.39, 0.29) is 40.0 Å². The average molecular weight is 741 g/mol. The Kier molecular flexibility index (Phi) is 11.2. The molecule has 2 saturated heterocycles. The Hall–Kier alpha value is -3.87. The minimum Gasteiger partial charge on any atom is -0.544 e. The fraction of sp³-hybridized carbons (Fsp3) is 0.378. The first kappa shape index (κ1) is 35.9. The van der Waals surface area contributed by atoms with Gasteiger partial charge in [-0.2, -0.15) is 0 Å². The van der Waals surface area contributed by atoms with E-state index < -0.39 is 17.9 Å². The maximum absolute atomic E-state index is 13.8. The van der Waals surface area contributed by atoms with E-state index in [0.29, 0.717) is 45.2 Å². The summed E-state index contributed by atoms with van der Waals surface area (Å²) in [4.78, 5) is 29.5. The number of fused-ring (bicyclic) bond motifs is 2. The minimum absolute atomic E-state index is 0.0302. The molecule has 13 heteroatoms. The van der Waals surface area contributed by atoms with E-state index in [9.17, 15) is 19.9 Å². The summed E-state index contributed by atoms with van der Waals surface area (Å²) >= 11 is 14.2. The standard InChI is InChI=1S/C37H39Cl2N3O7S/c1-41-23-10-11-24(41)15-25(14-23)49-37(45)34(21-7-5-4-6-8-21)40-18-26-16-28(35(50-26)36(43)44)27(17-29-30(38)19-42(46)20-31(29)39)22-9-12-32(47-2)33(13-22)48-3/h4-9,12-13,16,19-20,23-25,27,34,40H,10-11,14-15,17-18H2,1-3H3,(H-,43,44,46)/t23-,24-,27+,34?/m1/s1. The largest absolute Gasteiger partial charge is 0.544 e. The maximum Gasteiger partial charge on any atom is 0.328 e. The third-order valence-corrected chi connectivity index (χ3v) is 11.6. The maximum atomic E-state index is 13.8. The molecule has 4 heterocycles. The van der Waals surface area contributed by atoms with Crippen LogP contribution >= 0.6 is 34.5 Å². The van der Waals surface area contributed by atoms with Crippen LogP contribution in [0.1, 0.15) is 74.4 Å². The van der Waals surface area contributed by atoms with Crippen LogP contribution in [0.5, 0.6) is 11.5 Å². The van der Waals surface area contributed by atoms with Gasteiger partial charge in [-0.05, 0) is 74.0 Å².